The highest BCUT2D eigenvalue weighted by Gasteiger charge is 2.31. The standard InChI is InChI=1S/C13H15NO5S/c1-9(15)10-3-4-12-11(7-10)5-6-14(12)20(17,18)8-13(16)19-2/h3-4,7H,5-6,8H2,1-2H3. The van der Waals surface area contributed by atoms with Crippen LogP contribution in [0.2, 0.25) is 0 Å². The molecule has 0 radical (unpaired) electrons. The first-order valence-corrected chi connectivity index (χ1v) is 7.67. The predicted molar refractivity (Wildman–Crippen MR) is 73.3 cm³/mol. The fraction of sp³-hybridized carbons (Fsp3) is 0.385. The van der Waals surface area contributed by atoms with Crippen LogP contribution in [-0.4, -0.2) is 39.6 Å². The number of nitrogens with zero attached hydrogens (tertiary/aromatic N) is 1. The molecule has 0 amide bonds. The molecule has 108 valence electrons. The predicted octanol–water partition coefficient (Wildman–Crippen LogP) is 0.755. The molecule has 1 aromatic rings. The summed E-state index contributed by atoms with van der Waals surface area (Å²) in [6.45, 7) is 1.73. The van der Waals surface area contributed by atoms with Gasteiger partial charge in [-0.3, -0.25) is 13.9 Å². The second-order valence-corrected chi connectivity index (χ2v) is 6.45. The van der Waals surface area contributed by atoms with Crippen molar-refractivity contribution in [1.82, 2.24) is 0 Å². The van der Waals surface area contributed by atoms with Gasteiger partial charge in [-0.15, -0.1) is 0 Å². The van der Waals surface area contributed by atoms with Gasteiger partial charge in [0.05, 0.1) is 12.8 Å². The number of Topliss-reactive ketones (excluding diaryl/α,β-unsaturated/α-hetero) is 1. The van der Waals surface area contributed by atoms with Gasteiger partial charge in [-0.05, 0) is 37.1 Å². The van der Waals surface area contributed by atoms with Crippen molar-refractivity contribution in [2.75, 3.05) is 23.7 Å². The number of esters is 1. The summed E-state index contributed by atoms with van der Waals surface area (Å²) in [5, 5.41) is 0. The lowest BCUT2D eigenvalue weighted by molar-refractivity contribution is -0.137. The van der Waals surface area contributed by atoms with Crippen LogP contribution < -0.4 is 4.31 Å². The van der Waals surface area contributed by atoms with Crippen LogP contribution in [0.15, 0.2) is 18.2 Å². The molecule has 2 rings (SSSR count). The number of carbonyl (C=O) groups excluding carboxylic acids is 2. The van der Waals surface area contributed by atoms with Crippen LogP contribution in [0.3, 0.4) is 0 Å². The van der Waals surface area contributed by atoms with Crippen LogP contribution in [0.1, 0.15) is 22.8 Å². The van der Waals surface area contributed by atoms with Crippen LogP contribution in [0, 0.1) is 0 Å². The van der Waals surface area contributed by atoms with Gasteiger partial charge in [0.15, 0.2) is 11.5 Å². The molecule has 0 saturated heterocycles. The maximum Gasteiger partial charge on any atom is 0.322 e. The fourth-order valence-corrected chi connectivity index (χ4v) is 3.58. The molecule has 0 unspecified atom stereocenters. The molecule has 0 aliphatic carbocycles. The van der Waals surface area contributed by atoms with Crippen LogP contribution in [0.5, 0.6) is 0 Å². The Kier molecular flexibility index (Phi) is 3.80. The third kappa shape index (κ3) is 2.67. The summed E-state index contributed by atoms with van der Waals surface area (Å²) >= 11 is 0. The SMILES string of the molecule is COC(=O)CS(=O)(=O)N1CCc2cc(C(C)=O)ccc21. The second-order valence-electron chi connectivity index (χ2n) is 4.55. The smallest absolute Gasteiger partial charge is 0.322 e. The average molecular weight is 297 g/mol. The molecule has 0 N–H and O–H groups in total. The number of fused-ring (bicyclic) bond motifs is 1. The van der Waals surface area contributed by atoms with E-state index in [1.165, 1.54) is 11.2 Å². The normalized spacial score (nSPS) is 14.0. The Morgan fingerprint density at radius 3 is 2.65 bits per heavy atom. The number of benzene rings is 1. The summed E-state index contributed by atoms with van der Waals surface area (Å²) in [4.78, 5) is 22.5. The van der Waals surface area contributed by atoms with E-state index in [-0.39, 0.29) is 12.3 Å². The van der Waals surface area contributed by atoms with Gasteiger partial charge in [-0.25, -0.2) is 8.42 Å². The van der Waals surface area contributed by atoms with E-state index in [0.717, 1.165) is 12.7 Å². The summed E-state index contributed by atoms with van der Waals surface area (Å²) < 4.78 is 29.9. The van der Waals surface area contributed by atoms with Crippen LogP contribution in [0.4, 0.5) is 5.69 Å². The zero-order valence-electron chi connectivity index (χ0n) is 11.3. The Labute approximate surface area is 117 Å². The fourth-order valence-electron chi connectivity index (χ4n) is 2.17. The molecule has 1 aliphatic rings. The van der Waals surface area contributed by atoms with E-state index in [1.54, 1.807) is 18.2 Å². The lowest BCUT2D eigenvalue weighted by Gasteiger charge is -2.18. The van der Waals surface area contributed by atoms with Crippen molar-refractivity contribution in [3.63, 3.8) is 0 Å². The Bertz CT molecular complexity index is 665. The van der Waals surface area contributed by atoms with Crippen molar-refractivity contribution >= 4 is 27.5 Å². The minimum Gasteiger partial charge on any atom is -0.468 e. The highest BCUT2D eigenvalue weighted by atomic mass is 32.2. The summed E-state index contributed by atoms with van der Waals surface area (Å²) in [5.74, 6) is -1.54. The molecule has 20 heavy (non-hydrogen) atoms. The minimum absolute atomic E-state index is 0.0660. The first kappa shape index (κ1) is 14.5. The number of ether oxygens (including phenoxy) is 1. The Balaban J connectivity index is 2.32. The van der Waals surface area contributed by atoms with Crippen molar-refractivity contribution in [2.24, 2.45) is 0 Å². The van der Waals surface area contributed by atoms with Gasteiger partial charge in [-0.2, -0.15) is 0 Å². The van der Waals surface area contributed by atoms with E-state index in [2.05, 4.69) is 4.74 Å². The Morgan fingerprint density at radius 1 is 1.35 bits per heavy atom. The molecule has 7 heteroatoms. The molecule has 0 fully saturated rings. The highest BCUT2D eigenvalue weighted by Crippen LogP contribution is 2.31. The Morgan fingerprint density at radius 2 is 2.05 bits per heavy atom. The first-order valence-electron chi connectivity index (χ1n) is 6.06. The van der Waals surface area contributed by atoms with Gasteiger partial charge in [0.25, 0.3) is 0 Å². The van der Waals surface area contributed by atoms with Gasteiger partial charge in [0.2, 0.25) is 10.0 Å². The van der Waals surface area contributed by atoms with Gasteiger partial charge in [-0.1, -0.05) is 0 Å². The largest absolute Gasteiger partial charge is 0.468 e. The third-order valence-corrected chi connectivity index (χ3v) is 4.85. The lowest BCUT2D eigenvalue weighted by Crippen LogP contribution is -2.34. The van der Waals surface area contributed by atoms with E-state index in [4.69, 9.17) is 0 Å². The van der Waals surface area contributed by atoms with E-state index in [1.807, 2.05) is 0 Å². The molecule has 1 aliphatic heterocycles. The maximum absolute atomic E-state index is 12.1. The molecule has 1 aromatic carbocycles. The Hall–Kier alpha value is -1.89. The van der Waals surface area contributed by atoms with Gasteiger partial charge in [0.1, 0.15) is 0 Å². The number of sulfonamides is 1. The van der Waals surface area contributed by atoms with E-state index in [0.29, 0.717) is 17.7 Å². The topological polar surface area (TPSA) is 80.8 Å². The number of hydrogen-bond donors (Lipinski definition) is 0. The summed E-state index contributed by atoms with van der Waals surface area (Å²) in [7, 11) is -2.60. The lowest BCUT2D eigenvalue weighted by atomic mass is 10.1. The number of carbonyl (C=O) groups is 2. The zero-order valence-corrected chi connectivity index (χ0v) is 12.1. The van der Waals surface area contributed by atoms with Crippen LogP contribution in [-0.2, 0) is 26.0 Å². The molecule has 0 atom stereocenters. The number of rotatable bonds is 4. The first-order chi connectivity index (χ1) is 9.35. The summed E-state index contributed by atoms with van der Waals surface area (Å²) in [5.41, 5.74) is 1.88. The molecule has 0 spiro atoms. The van der Waals surface area contributed by atoms with Crippen LogP contribution >= 0.6 is 0 Å². The molecule has 6 nitrogen and oxygen atoms in total. The summed E-state index contributed by atoms with van der Waals surface area (Å²) in [6.07, 6.45) is 0.525. The molecule has 0 saturated carbocycles. The van der Waals surface area contributed by atoms with E-state index in [9.17, 15) is 18.0 Å². The van der Waals surface area contributed by atoms with Crippen LogP contribution in [0.25, 0.3) is 0 Å². The summed E-state index contributed by atoms with van der Waals surface area (Å²) in [6, 6.07) is 4.90. The van der Waals surface area contributed by atoms with Crippen molar-refractivity contribution in [3.05, 3.63) is 29.3 Å². The third-order valence-electron chi connectivity index (χ3n) is 3.20. The number of anilines is 1. The van der Waals surface area contributed by atoms with Crippen molar-refractivity contribution in [2.45, 2.75) is 13.3 Å². The zero-order chi connectivity index (χ0) is 14.9. The molecule has 1 heterocycles. The van der Waals surface area contributed by atoms with E-state index < -0.39 is 21.7 Å². The molecule has 0 aromatic heterocycles. The minimum atomic E-state index is -3.74. The average Bonchev–Trinajstić information content (AvgIpc) is 2.81. The highest BCUT2D eigenvalue weighted by molar-refractivity contribution is 7.93. The monoisotopic (exact) mass is 297 g/mol. The molecule has 0 bridgehead atoms. The van der Waals surface area contributed by atoms with Crippen molar-refractivity contribution in [1.29, 1.82) is 0 Å². The van der Waals surface area contributed by atoms with Gasteiger partial charge in [0, 0.05) is 12.1 Å². The molecular formula is C13H15NO5S. The molecular weight excluding hydrogens is 282 g/mol. The van der Waals surface area contributed by atoms with E-state index >= 15 is 0 Å². The van der Waals surface area contributed by atoms with Crippen molar-refractivity contribution < 1.29 is 22.7 Å². The number of ketones is 1. The quantitative estimate of drug-likeness (QED) is 0.605. The number of hydrogen-bond acceptors (Lipinski definition) is 5. The van der Waals surface area contributed by atoms with Gasteiger partial charge >= 0.3 is 5.97 Å². The second kappa shape index (κ2) is 5.24. The number of methoxy groups -OCH3 is 1. The maximum atomic E-state index is 12.1. The van der Waals surface area contributed by atoms with Gasteiger partial charge < -0.3 is 4.74 Å². The van der Waals surface area contributed by atoms with Crippen molar-refractivity contribution in [3.8, 4) is 0 Å².